The number of amides is 2. The van der Waals surface area contributed by atoms with Crippen LogP contribution >= 0.6 is 34.8 Å². The number of benzene rings is 4. The average Bonchev–Trinajstić information content (AvgIpc) is 3.03. The molecule has 0 aliphatic rings. The van der Waals surface area contributed by atoms with Gasteiger partial charge in [-0.2, -0.15) is 0 Å². The summed E-state index contributed by atoms with van der Waals surface area (Å²) in [5, 5.41) is 3.86. The summed E-state index contributed by atoms with van der Waals surface area (Å²) in [7, 11) is -4.27. The van der Waals surface area contributed by atoms with E-state index in [1.807, 2.05) is 51.1 Å². The number of hydrogen-bond acceptors (Lipinski definition) is 4. The highest BCUT2D eigenvalue weighted by Crippen LogP contribution is 2.31. The summed E-state index contributed by atoms with van der Waals surface area (Å²) in [6.45, 7) is 5.64. The van der Waals surface area contributed by atoms with Gasteiger partial charge in [0, 0.05) is 24.5 Å². The van der Waals surface area contributed by atoms with Gasteiger partial charge in [0.15, 0.2) is 0 Å². The zero-order chi connectivity index (χ0) is 33.4. The number of aryl methyl sites for hydroxylation is 1. The summed E-state index contributed by atoms with van der Waals surface area (Å²) in [5.74, 6) is -0.758. The highest BCUT2D eigenvalue weighted by atomic mass is 35.5. The Morgan fingerprint density at radius 2 is 1.46 bits per heavy atom. The van der Waals surface area contributed by atoms with E-state index in [1.54, 1.807) is 36.4 Å². The fraction of sp³-hybridized carbons (Fsp3) is 0.257. The van der Waals surface area contributed by atoms with E-state index in [0.717, 1.165) is 21.0 Å². The third kappa shape index (κ3) is 9.26. The van der Waals surface area contributed by atoms with Gasteiger partial charge in [0.05, 0.1) is 20.6 Å². The Morgan fingerprint density at radius 1 is 0.804 bits per heavy atom. The van der Waals surface area contributed by atoms with Crippen molar-refractivity contribution in [2.75, 3.05) is 17.4 Å². The highest BCUT2D eigenvalue weighted by molar-refractivity contribution is 7.92. The number of rotatable bonds is 13. The predicted molar refractivity (Wildman–Crippen MR) is 186 cm³/mol. The Bertz CT molecular complexity index is 1750. The van der Waals surface area contributed by atoms with Crippen LogP contribution in [-0.2, 0) is 32.6 Å². The second-order valence-electron chi connectivity index (χ2n) is 11.4. The van der Waals surface area contributed by atoms with Crippen LogP contribution in [0, 0.1) is 12.8 Å². The largest absolute Gasteiger partial charge is 0.354 e. The van der Waals surface area contributed by atoms with Gasteiger partial charge in [-0.1, -0.05) is 109 Å². The van der Waals surface area contributed by atoms with Crippen LogP contribution < -0.4 is 9.62 Å². The minimum absolute atomic E-state index is 0.00302. The molecule has 242 valence electrons. The number of nitrogens with zero attached hydrogens (tertiary/aromatic N) is 2. The molecular formula is C35H36Cl3N3O4S. The summed E-state index contributed by atoms with van der Waals surface area (Å²) >= 11 is 18.6. The van der Waals surface area contributed by atoms with E-state index in [4.69, 9.17) is 34.8 Å². The Balaban J connectivity index is 1.81. The lowest BCUT2D eigenvalue weighted by Crippen LogP contribution is -2.53. The lowest BCUT2D eigenvalue weighted by Gasteiger charge is -2.34. The molecule has 0 saturated heterocycles. The molecule has 4 aromatic rings. The minimum Gasteiger partial charge on any atom is -0.354 e. The number of nitrogens with one attached hydrogen (secondary N) is 1. The van der Waals surface area contributed by atoms with Crippen LogP contribution in [0.3, 0.4) is 0 Å². The Kier molecular flexibility index (Phi) is 12.1. The van der Waals surface area contributed by atoms with Crippen LogP contribution in [0.4, 0.5) is 5.69 Å². The second kappa shape index (κ2) is 15.8. The number of anilines is 1. The molecule has 0 aliphatic carbocycles. The van der Waals surface area contributed by atoms with E-state index < -0.39 is 28.5 Å². The lowest BCUT2D eigenvalue weighted by molar-refractivity contribution is -0.140. The summed E-state index contributed by atoms with van der Waals surface area (Å²) < 4.78 is 29.3. The number of sulfonamides is 1. The average molecular weight is 701 g/mol. The molecule has 1 unspecified atom stereocenters. The third-order valence-corrected chi connectivity index (χ3v) is 10.1. The van der Waals surface area contributed by atoms with E-state index >= 15 is 0 Å². The summed E-state index contributed by atoms with van der Waals surface area (Å²) in [6, 6.07) is 26.1. The van der Waals surface area contributed by atoms with Crippen LogP contribution in [0.25, 0.3) is 0 Å². The Hall–Kier alpha value is -3.56. The predicted octanol–water partition coefficient (Wildman–Crippen LogP) is 7.56. The maximum Gasteiger partial charge on any atom is 0.264 e. The first-order valence-corrected chi connectivity index (χ1v) is 17.3. The molecule has 0 saturated carbocycles. The van der Waals surface area contributed by atoms with Crippen LogP contribution in [-0.4, -0.2) is 44.3 Å². The summed E-state index contributed by atoms with van der Waals surface area (Å²) in [4.78, 5) is 29.8. The molecule has 0 bridgehead atoms. The molecule has 0 radical (unpaired) electrons. The normalized spacial score (nSPS) is 12.1. The highest BCUT2D eigenvalue weighted by Gasteiger charge is 2.35. The van der Waals surface area contributed by atoms with Gasteiger partial charge < -0.3 is 10.2 Å². The maximum atomic E-state index is 14.5. The number of carbonyl (C=O) groups is 2. The van der Waals surface area contributed by atoms with Crippen LogP contribution in [0.5, 0.6) is 0 Å². The van der Waals surface area contributed by atoms with Crippen molar-refractivity contribution in [2.24, 2.45) is 5.92 Å². The first-order valence-electron chi connectivity index (χ1n) is 14.7. The SMILES string of the molecule is Cc1ccc(S(=O)(=O)N(CC(=O)N(Cc2ccc(Cl)cc2)C(Cc2ccccc2)C(=O)NCC(C)C)c2ccc(Cl)c(Cl)c2)cc1. The van der Waals surface area contributed by atoms with Gasteiger partial charge in [-0.05, 0) is 66.4 Å². The smallest absolute Gasteiger partial charge is 0.264 e. The molecule has 1 N–H and O–H groups in total. The molecule has 46 heavy (non-hydrogen) atoms. The van der Waals surface area contributed by atoms with Gasteiger partial charge in [0.2, 0.25) is 11.8 Å². The molecule has 2 amide bonds. The van der Waals surface area contributed by atoms with Crippen molar-refractivity contribution in [1.29, 1.82) is 0 Å². The van der Waals surface area contributed by atoms with Crippen molar-refractivity contribution in [3.05, 3.63) is 129 Å². The van der Waals surface area contributed by atoms with Crippen LogP contribution in [0.15, 0.2) is 102 Å². The van der Waals surface area contributed by atoms with Crippen molar-refractivity contribution in [2.45, 2.75) is 44.7 Å². The van der Waals surface area contributed by atoms with E-state index in [1.165, 1.54) is 35.2 Å². The summed E-state index contributed by atoms with van der Waals surface area (Å²) in [5.41, 5.74) is 2.59. The Morgan fingerprint density at radius 3 is 2.07 bits per heavy atom. The van der Waals surface area contributed by atoms with E-state index in [9.17, 15) is 18.0 Å². The van der Waals surface area contributed by atoms with E-state index in [0.29, 0.717) is 11.6 Å². The molecule has 11 heteroatoms. The van der Waals surface area contributed by atoms with E-state index in [2.05, 4.69) is 5.32 Å². The van der Waals surface area contributed by atoms with Gasteiger partial charge in [-0.15, -0.1) is 0 Å². The molecule has 0 aromatic heterocycles. The molecule has 7 nitrogen and oxygen atoms in total. The fourth-order valence-electron chi connectivity index (χ4n) is 4.77. The van der Waals surface area contributed by atoms with Crippen molar-refractivity contribution in [3.8, 4) is 0 Å². The number of carbonyl (C=O) groups excluding carboxylic acids is 2. The van der Waals surface area contributed by atoms with Gasteiger partial charge in [0.1, 0.15) is 12.6 Å². The number of hydrogen-bond donors (Lipinski definition) is 1. The zero-order valence-electron chi connectivity index (χ0n) is 25.8. The standard InChI is InChI=1S/C35H36Cl3N3O4S/c1-24(2)21-39-35(43)33(19-26-7-5-4-6-8-26)40(22-27-11-13-28(36)14-12-27)34(42)23-41(29-15-18-31(37)32(38)20-29)46(44,45)30-16-9-25(3)10-17-30/h4-18,20,24,33H,19,21-23H2,1-3H3,(H,39,43). The molecule has 0 aliphatic heterocycles. The fourth-order valence-corrected chi connectivity index (χ4v) is 6.59. The van der Waals surface area contributed by atoms with Gasteiger partial charge >= 0.3 is 0 Å². The van der Waals surface area contributed by atoms with Gasteiger partial charge in [0.25, 0.3) is 10.0 Å². The minimum atomic E-state index is -4.27. The molecule has 4 rings (SSSR count). The van der Waals surface area contributed by atoms with Crippen molar-refractivity contribution in [1.82, 2.24) is 10.2 Å². The number of halogens is 3. The second-order valence-corrected chi connectivity index (χ2v) is 14.5. The molecular weight excluding hydrogens is 665 g/mol. The topological polar surface area (TPSA) is 86.8 Å². The molecule has 0 spiro atoms. The lowest BCUT2D eigenvalue weighted by atomic mass is 10.0. The monoisotopic (exact) mass is 699 g/mol. The maximum absolute atomic E-state index is 14.5. The van der Waals surface area contributed by atoms with Gasteiger partial charge in [-0.25, -0.2) is 8.42 Å². The van der Waals surface area contributed by atoms with Gasteiger partial charge in [-0.3, -0.25) is 13.9 Å². The first kappa shape index (κ1) is 35.3. The Labute approximate surface area is 286 Å². The van der Waals surface area contributed by atoms with Crippen molar-refractivity contribution >= 4 is 62.3 Å². The third-order valence-electron chi connectivity index (χ3n) is 7.30. The van der Waals surface area contributed by atoms with Crippen LogP contribution in [0.1, 0.15) is 30.5 Å². The van der Waals surface area contributed by atoms with E-state index in [-0.39, 0.29) is 45.4 Å². The quantitative estimate of drug-likeness (QED) is 0.156. The van der Waals surface area contributed by atoms with Crippen LogP contribution in [0.2, 0.25) is 15.1 Å². The zero-order valence-corrected chi connectivity index (χ0v) is 28.9. The first-order chi connectivity index (χ1) is 21.8. The van der Waals surface area contributed by atoms with Crippen molar-refractivity contribution < 1.29 is 18.0 Å². The molecule has 0 fully saturated rings. The molecule has 4 aromatic carbocycles. The van der Waals surface area contributed by atoms with Crippen molar-refractivity contribution in [3.63, 3.8) is 0 Å². The summed E-state index contributed by atoms with van der Waals surface area (Å²) in [6.07, 6.45) is 0.210. The molecule has 1 atom stereocenters. The molecule has 0 heterocycles.